The smallest absolute Gasteiger partial charge is 0.0461 e. The summed E-state index contributed by atoms with van der Waals surface area (Å²) in [5.74, 6) is 0.747. The largest absolute Gasteiger partial charge is 0.399 e. The predicted octanol–water partition coefficient (Wildman–Crippen LogP) is 4.98. The number of aromatic amines is 1. The van der Waals surface area contributed by atoms with Crippen molar-refractivity contribution in [3.05, 3.63) is 36.0 Å². The number of rotatable bonds is 5. The van der Waals surface area contributed by atoms with Gasteiger partial charge in [0.05, 0.1) is 0 Å². The zero-order chi connectivity index (χ0) is 13.8. The number of anilines is 1. The lowest BCUT2D eigenvalue weighted by molar-refractivity contribution is 0.572. The number of benzene rings is 1. The van der Waals surface area contributed by atoms with E-state index in [1.807, 2.05) is 6.07 Å². The molecule has 2 rings (SSSR count). The fourth-order valence-electron chi connectivity index (χ4n) is 2.36. The molecule has 2 nitrogen and oxygen atoms in total. The van der Waals surface area contributed by atoms with Gasteiger partial charge in [0.2, 0.25) is 0 Å². The van der Waals surface area contributed by atoms with Gasteiger partial charge in [-0.1, -0.05) is 33.3 Å². The van der Waals surface area contributed by atoms with Gasteiger partial charge in [0.1, 0.15) is 0 Å². The van der Waals surface area contributed by atoms with E-state index in [1.54, 1.807) is 0 Å². The lowest BCUT2D eigenvalue weighted by Crippen LogP contribution is -1.90. The van der Waals surface area contributed by atoms with Crippen LogP contribution in [-0.4, -0.2) is 4.98 Å². The zero-order valence-electron chi connectivity index (χ0n) is 12.2. The molecule has 2 heteroatoms. The van der Waals surface area contributed by atoms with Gasteiger partial charge in [0.15, 0.2) is 0 Å². The monoisotopic (exact) mass is 256 g/mol. The highest BCUT2D eigenvalue weighted by atomic mass is 14.7. The normalized spacial score (nSPS) is 13.9. The van der Waals surface area contributed by atoms with Crippen LogP contribution >= 0.6 is 0 Å². The third-order valence-corrected chi connectivity index (χ3v) is 3.90. The van der Waals surface area contributed by atoms with Gasteiger partial charge in [-0.2, -0.15) is 0 Å². The van der Waals surface area contributed by atoms with Gasteiger partial charge in [-0.15, -0.1) is 0 Å². The van der Waals surface area contributed by atoms with Crippen molar-refractivity contribution in [2.75, 3.05) is 5.73 Å². The van der Waals surface area contributed by atoms with E-state index in [-0.39, 0.29) is 0 Å². The number of hydrogen-bond acceptors (Lipinski definition) is 1. The average molecular weight is 256 g/mol. The molecule has 0 amide bonds. The summed E-state index contributed by atoms with van der Waals surface area (Å²) in [4.78, 5) is 3.34. The minimum absolute atomic E-state index is 0.747. The molecule has 1 unspecified atom stereocenters. The van der Waals surface area contributed by atoms with Crippen LogP contribution in [0.2, 0.25) is 0 Å². The Morgan fingerprint density at radius 2 is 2.16 bits per heavy atom. The van der Waals surface area contributed by atoms with Crippen molar-refractivity contribution in [3.8, 4) is 0 Å². The molecule has 1 atom stereocenters. The summed E-state index contributed by atoms with van der Waals surface area (Å²) in [6.45, 7) is 6.76. The summed E-state index contributed by atoms with van der Waals surface area (Å²) in [7, 11) is 0. The molecule has 0 saturated carbocycles. The number of allylic oxidation sites excluding steroid dienone is 2. The quantitative estimate of drug-likeness (QED) is 0.728. The van der Waals surface area contributed by atoms with Gasteiger partial charge < -0.3 is 10.7 Å². The maximum absolute atomic E-state index is 5.90. The van der Waals surface area contributed by atoms with Crippen molar-refractivity contribution in [2.24, 2.45) is 5.92 Å². The van der Waals surface area contributed by atoms with Crippen LogP contribution in [-0.2, 0) is 0 Å². The van der Waals surface area contributed by atoms with Crippen LogP contribution in [0, 0.1) is 5.92 Å². The van der Waals surface area contributed by atoms with Crippen LogP contribution in [0.15, 0.2) is 30.5 Å². The van der Waals surface area contributed by atoms with Crippen LogP contribution in [0.5, 0.6) is 0 Å². The topological polar surface area (TPSA) is 41.8 Å². The molecule has 1 aromatic heterocycles. The molecular weight excluding hydrogens is 232 g/mol. The molecule has 19 heavy (non-hydrogen) atoms. The molecule has 102 valence electrons. The SMILES string of the molecule is CC/C(=C\CC(C)CC)c1c[nH]c2ccc(N)cc12. The molecule has 0 bridgehead atoms. The molecule has 1 aromatic carbocycles. The van der Waals surface area contributed by atoms with E-state index in [9.17, 15) is 0 Å². The van der Waals surface area contributed by atoms with Gasteiger partial charge in [0.25, 0.3) is 0 Å². The lowest BCUT2D eigenvalue weighted by Gasteiger charge is -2.08. The minimum Gasteiger partial charge on any atom is -0.399 e. The highest BCUT2D eigenvalue weighted by Crippen LogP contribution is 2.29. The summed E-state index contributed by atoms with van der Waals surface area (Å²) in [6, 6.07) is 6.06. The first-order valence-electron chi connectivity index (χ1n) is 7.21. The summed E-state index contributed by atoms with van der Waals surface area (Å²) >= 11 is 0. The number of nitrogens with one attached hydrogen (secondary N) is 1. The number of hydrogen-bond donors (Lipinski definition) is 2. The molecule has 1 heterocycles. The molecule has 3 N–H and O–H groups in total. The number of fused-ring (bicyclic) bond motifs is 1. The van der Waals surface area contributed by atoms with E-state index in [1.165, 1.54) is 22.9 Å². The van der Waals surface area contributed by atoms with Gasteiger partial charge in [-0.05, 0) is 42.5 Å². The van der Waals surface area contributed by atoms with Gasteiger partial charge >= 0.3 is 0 Å². The summed E-state index contributed by atoms with van der Waals surface area (Å²) in [6.07, 6.45) is 7.93. The van der Waals surface area contributed by atoms with Crippen LogP contribution < -0.4 is 5.73 Å². The summed E-state index contributed by atoms with van der Waals surface area (Å²) in [5, 5.41) is 1.23. The molecule has 0 aliphatic heterocycles. The molecule has 2 aromatic rings. The standard InChI is InChI=1S/C17H24N2/c1-4-12(3)6-7-13(5-2)16-11-19-17-9-8-14(18)10-15(16)17/h7-12,19H,4-6,18H2,1-3H3/b13-7+. The highest BCUT2D eigenvalue weighted by Gasteiger charge is 2.08. The van der Waals surface area contributed by atoms with Crippen LogP contribution in [0.4, 0.5) is 5.69 Å². The molecule has 0 spiro atoms. The van der Waals surface area contributed by atoms with Crippen molar-refractivity contribution in [2.45, 2.75) is 40.0 Å². The third kappa shape index (κ3) is 3.01. The Hall–Kier alpha value is -1.70. The maximum atomic E-state index is 5.90. The van der Waals surface area contributed by atoms with Crippen LogP contribution in [0.25, 0.3) is 16.5 Å². The van der Waals surface area contributed by atoms with Crippen molar-refractivity contribution in [1.29, 1.82) is 0 Å². The number of nitrogens with two attached hydrogens (primary N) is 1. The Morgan fingerprint density at radius 1 is 1.37 bits per heavy atom. The fraction of sp³-hybridized carbons (Fsp3) is 0.412. The average Bonchev–Trinajstić information content (AvgIpc) is 2.82. The van der Waals surface area contributed by atoms with E-state index >= 15 is 0 Å². The lowest BCUT2D eigenvalue weighted by atomic mass is 9.97. The second-order valence-electron chi connectivity index (χ2n) is 5.34. The van der Waals surface area contributed by atoms with E-state index in [0.717, 1.165) is 30.0 Å². The summed E-state index contributed by atoms with van der Waals surface area (Å²) < 4.78 is 0. The second kappa shape index (κ2) is 5.96. The highest BCUT2D eigenvalue weighted by molar-refractivity contribution is 5.94. The number of aromatic nitrogens is 1. The Morgan fingerprint density at radius 3 is 2.84 bits per heavy atom. The zero-order valence-corrected chi connectivity index (χ0v) is 12.2. The second-order valence-corrected chi connectivity index (χ2v) is 5.34. The van der Waals surface area contributed by atoms with Crippen LogP contribution in [0.1, 0.15) is 45.6 Å². The van der Waals surface area contributed by atoms with E-state index in [2.05, 4.69) is 50.2 Å². The number of nitrogen functional groups attached to an aromatic ring is 1. The molecular formula is C17H24N2. The van der Waals surface area contributed by atoms with Crippen LogP contribution in [0.3, 0.4) is 0 Å². The van der Waals surface area contributed by atoms with E-state index < -0.39 is 0 Å². The first-order valence-corrected chi connectivity index (χ1v) is 7.21. The van der Waals surface area contributed by atoms with Crippen molar-refractivity contribution in [1.82, 2.24) is 4.98 Å². The fourth-order valence-corrected chi connectivity index (χ4v) is 2.36. The van der Waals surface area contributed by atoms with Gasteiger partial charge in [0, 0.05) is 28.4 Å². The molecule has 0 fully saturated rings. The number of H-pyrrole nitrogens is 1. The molecule has 0 aliphatic carbocycles. The Balaban J connectivity index is 2.38. The predicted molar refractivity (Wildman–Crippen MR) is 85.1 cm³/mol. The van der Waals surface area contributed by atoms with Crippen molar-refractivity contribution >= 4 is 22.2 Å². The van der Waals surface area contributed by atoms with Gasteiger partial charge in [-0.3, -0.25) is 0 Å². The van der Waals surface area contributed by atoms with E-state index in [4.69, 9.17) is 5.73 Å². The third-order valence-electron chi connectivity index (χ3n) is 3.90. The molecule has 0 saturated heterocycles. The minimum atomic E-state index is 0.747. The Kier molecular flexibility index (Phi) is 4.31. The molecule has 0 aliphatic rings. The first kappa shape index (κ1) is 13.7. The van der Waals surface area contributed by atoms with Crippen molar-refractivity contribution in [3.63, 3.8) is 0 Å². The van der Waals surface area contributed by atoms with Gasteiger partial charge in [-0.25, -0.2) is 0 Å². The first-order chi connectivity index (χ1) is 9.15. The van der Waals surface area contributed by atoms with E-state index in [0.29, 0.717) is 0 Å². The maximum Gasteiger partial charge on any atom is 0.0461 e. The summed E-state index contributed by atoms with van der Waals surface area (Å²) in [5.41, 5.74) is 10.6. The van der Waals surface area contributed by atoms with Crippen molar-refractivity contribution < 1.29 is 0 Å². The Bertz CT molecular complexity index is 578. The Labute approximate surface area is 115 Å². The molecule has 0 radical (unpaired) electrons.